The van der Waals surface area contributed by atoms with Gasteiger partial charge in [0.15, 0.2) is 0 Å². The smallest absolute Gasteiger partial charge is 0.143 e. The van der Waals surface area contributed by atoms with Crippen LogP contribution in [0.25, 0.3) is 76.3 Å². The van der Waals surface area contributed by atoms with Crippen molar-refractivity contribution in [2.45, 2.75) is 264 Å². The van der Waals surface area contributed by atoms with Gasteiger partial charge in [0, 0.05) is 97.6 Å². The van der Waals surface area contributed by atoms with E-state index in [1.165, 1.54) is 190 Å². The fourth-order valence-electron chi connectivity index (χ4n) is 15.4. The summed E-state index contributed by atoms with van der Waals surface area (Å²) in [6.07, 6.45) is 46.4. The third-order valence-corrected chi connectivity index (χ3v) is 20.8. The van der Waals surface area contributed by atoms with E-state index in [1.54, 1.807) is 0 Å². The molecule has 0 atom stereocenters. The van der Waals surface area contributed by atoms with Crippen LogP contribution in [0.5, 0.6) is 40.2 Å². The van der Waals surface area contributed by atoms with Gasteiger partial charge in [-0.1, -0.05) is 239 Å². The minimum Gasteiger partial charge on any atom is -0.493 e. The number of hydrogen-bond donors (Lipinski definition) is 7. The van der Waals surface area contributed by atoms with E-state index in [1.807, 2.05) is 64.1 Å². The summed E-state index contributed by atoms with van der Waals surface area (Å²) in [6, 6.07) is 43.6. The molecular formula is C103H143N7O7. The van der Waals surface area contributed by atoms with E-state index in [-0.39, 0.29) is 0 Å². The van der Waals surface area contributed by atoms with Gasteiger partial charge in [-0.3, -0.25) is 0 Å². The molecule has 0 bridgehead atoms. The molecule has 0 saturated heterocycles. The van der Waals surface area contributed by atoms with E-state index in [2.05, 4.69) is 238 Å². The second-order valence-electron chi connectivity index (χ2n) is 30.2. The van der Waals surface area contributed by atoms with E-state index < -0.39 is 0 Å². The van der Waals surface area contributed by atoms with E-state index in [4.69, 9.17) is 33.2 Å². The molecule has 14 aromatic rings. The number of rotatable bonds is 40. The summed E-state index contributed by atoms with van der Waals surface area (Å²) >= 11 is 0. The van der Waals surface area contributed by atoms with Gasteiger partial charge < -0.3 is 68.0 Å². The van der Waals surface area contributed by atoms with Crippen LogP contribution in [-0.4, -0.2) is 81.1 Å². The molecule has 7 heterocycles. The number of para-hydroxylation sites is 4. The van der Waals surface area contributed by atoms with Crippen LogP contribution < -0.4 is 33.2 Å². The van der Waals surface area contributed by atoms with Gasteiger partial charge in [0.25, 0.3) is 0 Å². The van der Waals surface area contributed by atoms with Gasteiger partial charge in [-0.05, 0) is 192 Å². The van der Waals surface area contributed by atoms with Gasteiger partial charge in [-0.15, -0.1) is 0 Å². The highest BCUT2D eigenvalue weighted by Crippen LogP contribution is 2.36. The third kappa shape index (κ3) is 27.2. The summed E-state index contributed by atoms with van der Waals surface area (Å²) in [7, 11) is 0. The topological polar surface area (TPSA) is 175 Å². The normalized spacial score (nSPS) is 10.9. The highest BCUT2D eigenvalue weighted by atomic mass is 16.5. The number of unbranched alkanes of at least 4 members (excludes halogenated alkanes) is 9. The SMILES string of the molecule is CCCCCCCCCCCCOc1cccc2[nH]cc(CCC)c12.CCCOc1cccc2[nH]cc(CCC)c12.CCCOc1cccc2[nH]cc(CCC)c12.CCCc1c[nH]c2c(OCC)cccc12.CCCc1c[nH]c2c(OCC)cccc12.CCCc1c[nH]c2c(OCC)cccc12.CCCc1c[nH]c2c(OCC)cccc12. The highest BCUT2D eigenvalue weighted by Gasteiger charge is 2.15. The van der Waals surface area contributed by atoms with Crippen molar-refractivity contribution >= 4 is 76.3 Å². The first-order valence-corrected chi connectivity index (χ1v) is 45.1. The van der Waals surface area contributed by atoms with Crippen LogP contribution in [0.2, 0.25) is 0 Å². The Hall–Kier alpha value is -10.1. The highest BCUT2D eigenvalue weighted by molar-refractivity contribution is 5.93. The van der Waals surface area contributed by atoms with Crippen LogP contribution in [0.3, 0.4) is 0 Å². The molecule has 0 radical (unpaired) electrons. The number of aryl methyl sites for hydroxylation is 7. The average Bonchev–Trinajstić information content (AvgIpc) is 2.02. The molecule has 7 aromatic heterocycles. The second kappa shape index (κ2) is 52.6. The number of nitrogens with one attached hydrogen (secondary N) is 7. The summed E-state index contributed by atoms with van der Waals surface area (Å²) in [6.45, 7) is 35.3. The number of fused-ring (bicyclic) bond motifs is 7. The van der Waals surface area contributed by atoms with Crippen molar-refractivity contribution in [3.8, 4) is 40.2 Å². The Labute approximate surface area is 700 Å². The molecule has 0 saturated carbocycles. The van der Waals surface area contributed by atoms with Gasteiger partial charge in [-0.2, -0.15) is 0 Å². The molecule has 14 nitrogen and oxygen atoms in total. The van der Waals surface area contributed by atoms with Crippen molar-refractivity contribution in [1.29, 1.82) is 0 Å². The summed E-state index contributed by atoms with van der Waals surface area (Å²) in [4.78, 5) is 23.2. The Morgan fingerprint density at radius 2 is 0.427 bits per heavy atom. The van der Waals surface area contributed by atoms with Gasteiger partial charge in [-0.25, -0.2) is 0 Å². The lowest BCUT2D eigenvalue weighted by atomic mass is 10.1. The van der Waals surface area contributed by atoms with Crippen molar-refractivity contribution in [1.82, 2.24) is 34.9 Å². The zero-order valence-electron chi connectivity index (χ0n) is 73.9. The molecule has 0 unspecified atom stereocenters. The number of H-pyrrole nitrogens is 7. The van der Waals surface area contributed by atoms with Crippen LogP contribution in [0, 0.1) is 0 Å². The Morgan fingerprint density at radius 3 is 0.684 bits per heavy atom. The largest absolute Gasteiger partial charge is 0.493 e. The predicted molar refractivity (Wildman–Crippen MR) is 500 cm³/mol. The number of aromatic amines is 7. The quantitative estimate of drug-likeness (QED) is 0.0187. The lowest BCUT2D eigenvalue weighted by Gasteiger charge is -2.09. The van der Waals surface area contributed by atoms with Crippen molar-refractivity contribution < 1.29 is 33.2 Å². The first-order chi connectivity index (χ1) is 57.5. The van der Waals surface area contributed by atoms with Crippen LogP contribution >= 0.6 is 0 Å². The van der Waals surface area contributed by atoms with Crippen molar-refractivity contribution in [2.24, 2.45) is 0 Å². The van der Waals surface area contributed by atoms with Gasteiger partial charge >= 0.3 is 0 Å². The number of ether oxygens (including phenoxy) is 7. The van der Waals surface area contributed by atoms with E-state index in [9.17, 15) is 0 Å². The Morgan fingerprint density at radius 1 is 0.197 bits per heavy atom. The molecule has 0 fully saturated rings. The minimum absolute atomic E-state index is 0.710. The molecule has 14 heteroatoms. The molecule has 0 amide bonds. The first kappa shape index (κ1) is 92.4. The zero-order valence-corrected chi connectivity index (χ0v) is 73.9. The average molecular weight is 1590 g/mol. The summed E-state index contributed by atoms with van der Waals surface area (Å²) in [5.74, 6) is 6.91. The molecule has 14 rings (SSSR count). The summed E-state index contributed by atoms with van der Waals surface area (Å²) < 4.78 is 40.0. The van der Waals surface area contributed by atoms with Crippen molar-refractivity contribution in [2.75, 3.05) is 46.2 Å². The lowest BCUT2D eigenvalue weighted by Crippen LogP contribution is -1.98. The third-order valence-electron chi connectivity index (χ3n) is 20.8. The van der Waals surface area contributed by atoms with Crippen molar-refractivity contribution in [3.63, 3.8) is 0 Å². The number of aromatic nitrogens is 7. The van der Waals surface area contributed by atoms with Crippen molar-refractivity contribution in [3.05, 3.63) is 210 Å². The zero-order chi connectivity index (χ0) is 83.2. The maximum Gasteiger partial charge on any atom is 0.143 e. The fourth-order valence-corrected chi connectivity index (χ4v) is 15.4. The van der Waals surface area contributed by atoms with Gasteiger partial charge in [0.2, 0.25) is 0 Å². The number of benzene rings is 7. The second-order valence-corrected chi connectivity index (χ2v) is 30.2. The predicted octanol–water partition coefficient (Wildman–Crippen LogP) is 29.3. The van der Waals surface area contributed by atoms with E-state index >= 15 is 0 Å². The standard InChI is InChI=1S/C23H37NO.2C14H19NO.4C13H17NO/c1-3-5-6-7-8-9-10-11-12-13-18-25-22-17-14-16-21-23(22)20(15-4-2)19-24-21;2*1-3-6-11-10-15-12-7-5-8-13(14(11)12)16-9-4-2;4*1-3-6-10-9-14-13-11(10)7-5-8-12(13)15-4-2/h14,16-17,19,24H,3-13,15,18H2,1-2H3;2*5,7-8,10,15H,3-4,6,9H2,1-2H3;4*5,7-9,14H,3-4,6H2,1-2H3. The Balaban J connectivity index is 0.000000172. The Bertz CT molecular complexity index is 4610. The molecule has 0 spiro atoms. The van der Waals surface area contributed by atoms with E-state index in [0.717, 1.165) is 153 Å². The molecule has 117 heavy (non-hydrogen) atoms. The molecule has 0 aliphatic rings. The summed E-state index contributed by atoms with van der Waals surface area (Å²) in [5.41, 5.74) is 17.7. The molecule has 7 aromatic carbocycles. The molecular weight excluding hydrogens is 1450 g/mol. The maximum absolute atomic E-state index is 6.12. The minimum atomic E-state index is 0.710. The summed E-state index contributed by atoms with van der Waals surface area (Å²) in [5, 5.41) is 8.99. The van der Waals surface area contributed by atoms with Crippen LogP contribution in [0.15, 0.2) is 171 Å². The van der Waals surface area contributed by atoms with Crippen LogP contribution in [-0.2, 0) is 44.9 Å². The Kier molecular flexibility index (Phi) is 41.5. The fraction of sp³-hybridized carbons (Fsp3) is 0.456. The first-order valence-electron chi connectivity index (χ1n) is 45.1. The van der Waals surface area contributed by atoms with E-state index in [0.29, 0.717) is 26.4 Å². The van der Waals surface area contributed by atoms with Crippen LogP contribution in [0.4, 0.5) is 0 Å². The lowest BCUT2D eigenvalue weighted by molar-refractivity contribution is 0.307. The molecule has 632 valence electrons. The molecule has 7 N–H and O–H groups in total. The molecule has 0 aliphatic carbocycles. The van der Waals surface area contributed by atoms with Gasteiger partial charge in [0.05, 0.1) is 68.3 Å². The van der Waals surface area contributed by atoms with Crippen LogP contribution in [0.1, 0.15) is 258 Å². The van der Waals surface area contributed by atoms with Gasteiger partial charge in [0.1, 0.15) is 40.2 Å². The molecule has 0 aliphatic heterocycles. The number of hydrogen-bond acceptors (Lipinski definition) is 7. The monoisotopic (exact) mass is 1590 g/mol. The maximum atomic E-state index is 6.12.